The maximum absolute atomic E-state index is 13.2. The van der Waals surface area contributed by atoms with Gasteiger partial charge in [0.2, 0.25) is 0 Å². The number of hydrazone groups is 1. The molecule has 0 unspecified atom stereocenters. The number of carbonyl (C=O) groups excluding carboxylic acids is 2. The number of hydrogen-bond donors (Lipinski definition) is 2. The Hall–Kier alpha value is -4.49. The van der Waals surface area contributed by atoms with Crippen molar-refractivity contribution >= 4 is 44.9 Å². The van der Waals surface area contributed by atoms with Crippen molar-refractivity contribution < 1.29 is 14.3 Å². The highest BCUT2D eigenvalue weighted by molar-refractivity contribution is 9.10. The van der Waals surface area contributed by atoms with E-state index in [-0.39, 0.29) is 0 Å². The van der Waals surface area contributed by atoms with Crippen molar-refractivity contribution in [2.45, 2.75) is 6.92 Å². The van der Waals surface area contributed by atoms with Crippen LogP contribution >= 0.6 is 15.9 Å². The third kappa shape index (κ3) is 5.37. The number of aromatic amines is 1. The van der Waals surface area contributed by atoms with Crippen LogP contribution in [0.4, 0.5) is 0 Å². The van der Waals surface area contributed by atoms with E-state index in [1.807, 2.05) is 61.5 Å². The lowest BCUT2D eigenvalue weighted by Gasteiger charge is -2.08. The molecule has 1 heterocycles. The summed E-state index contributed by atoms with van der Waals surface area (Å²) in [6.07, 6.45) is 1.46. The van der Waals surface area contributed by atoms with Crippen molar-refractivity contribution in [1.82, 2.24) is 10.4 Å². The van der Waals surface area contributed by atoms with Gasteiger partial charge < -0.3 is 9.72 Å². The Morgan fingerprint density at radius 1 is 0.919 bits per heavy atom. The minimum Gasteiger partial charge on any atom is -0.422 e. The smallest absolute Gasteiger partial charge is 0.343 e. The molecular weight excluding hydrogens is 530 g/mol. The summed E-state index contributed by atoms with van der Waals surface area (Å²) in [5.41, 5.74) is 7.51. The lowest BCUT2D eigenvalue weighted by Crippen LogP contribution is -2.19. The number of carbonyl (C=O) groups is 2. The monoisotopic (exact) mass is 551 g/mol. The van der Waals surface area contributed by atoms with E-state index in [1.165, 1.54) is 6.21 Å². The second-order valence-corrected chi connectivity index (χ2v) is 9.34. The Kier molecular flexibility index (Phi) is 6.96. The van der Waals surface area contributed by atoms with Crippen molar-refractivity contribution in [3.63, 3.8) is 0 Å². The molecule has 1 aromatic heterocycles. The largest absolute Gasteiger partial charge is 0.422 e. The number of aryl methyl sites for hydroxylation is 1. The number of fused-ring (bicyclic) bond motifs is 1. The quantitative estimate of drug-likeness (QED) is 0.104. The zero-order valence-corrected chi connectivity index (χ0v) is 21.5. The van der Waals surface area contributed by atoms with Gasteiger partial charge in [-0.15, -0.1) is 0 Å². The van der Waals surface area contributed by atoms with Crippen LogP contribution in [-0.2, 0) is 0 Å². The molecule has 2 N–H and O–H groups in total. The first-order valence-corrected chi connectivity index (χ1v) is 12.4. The first kappa shape index (κ1) is 24.2. The van der Waals surface area contributed by atoms with Gasteiger partial charge in [0.1, 0.15) is 11.4 Å². The van der Waals surface area contributed by atoms with E-state index in [9.17, 15) is 9.59 Å². The van der Waals surface area contributed by atoms with Crippen LogP contribution in [0.3, 0.4) is 0 Å². The van der Waals surface area contributed by atoms with Gasteiger partial charge >= 0.3 is 5.97 Å². The third-order valence-corrected chi connectivity index (χ3v) is 6.29. The van der Waals surface area contributed by atoms with Crippen LogP contribution in [0.25, 0.3) is 22.0 Å². The zero-order valence-electron chi connectivity index (χ0n) is 19.9. The highest BCUT2D eigenvalue weighted by Gasteiger charge is 2.19. The molecular formula is C30H22BrN3O3. The molecule has 0 saturated carbocycles. The molecule has 1 amide bonds. The number of hydrogen-bond acceptors (Lipinski definition) is 4. The van der Waals surface area contributed by atoms with Gasteiger partial charge in [0, 0.05) is 26.5 Å². The molecule has 182 valence electrons. The number of rotatable bonds is 6. The number of ether oxygens (including phenoxy) is 1. The SMILES string of the molecule is Cc1cccc(C(=O)Oc2ccccc2C=NNC(=O)c2[nH]c3ccc(Br)cc3c2-c2ccccc2)c1. The molecule has 37 heavy (non-hydrogen) atoms. The Morgan fingerprint density at radius 3 is 2.51 bits per heavy atom. The fraction of sp³-hybridized carbons (Fsp3) is 0.0333. The lowest BCUT2D eigenvalue weighted by atomic mass is 10.0. The van der Waals surface area contributed by atoms with E-state index in [0.29, 0.717) is 22.6 Å². The van der Waals surface area contributed by atoms with Gasteiger partial charge in [0.25, 0.3) is 5.91 Å². The van der Waals surface area contributed by atoms with E-state index in [1.54, 1.807) is 42.5 Å². The molecule has 7 heteroatoms. The topological polar surface area (TPSA) is 83.5 Å². The van der Waals surface area contributed by atoms with Gasteiger partial charge in [-0.25, -0.2) is 10.2 Å². The first-order valence-electron chi connectivity index (χ1n) is 11.6. The number of nitrogens with zero attached hydrogens (tertiary/aromatic N) is 1. The summed E-state index contributed by atoms with van der Waals surface area (Å²) in [5.74, 6) is -0.519. The van der Waals surface area contributed by atoms with Crippen molar-refractivity contribution in [1.29, 1.82) is 0 Å². The molecule has 0 fully saturated rings. The second-order valence-electron chi connectivity index (χ2n) is 8.43. The number of aromatic nitrogens is 1. The maximum Gasteiger partial charge on any atom is 0.343 e. The summed E-state index contributed by atoms with van der Waals surface area (Å²) < 4.78 is 6.52. The first-order chi connectivity index (χ1) is 18.0. The van der Waals surface area contributed by atoms with E-state index in [2.05, 4.69) is 31.4 Å². The summed E-state index contributed by atoms with van der Waals surface area (Å²) in [4.78, 5) is 29.1. The normalized spacial score (nSPS) is 11.1. The van der Waals surface area contributed by atoms with Crippen LogP contribution in [-0.4, -0.2) is 23.1 Å². The molecule has 0 aliphatic heterocycles. The summed E-state index contributed by atoms with van der Waals surface area (Å²) >= 11 is 3.52. The van der Waals surface area contributed by atoms with Gasteiger partial charge in [0.15, 0.2) is 0 Å². The predicted octanol–water partition coefficient (Wildman–Crippen LogP) is 6.89. The number of esters is 1. The zero-order chi connectivity index (χ0) is 25.8. The Morgan fingerprint density at radius 2 is 1.70 bits per heavy atom. The minimum absolute atomic E-state index is 0.340. The van der Waals surface area contributed by atoms with Crippen LogP contribution in [0.5, 0.6) is 5.75 Å². The molecule has 0 aliphatic carbocycles. The molecule has 0 atom stereocenters. The average Bonchev–Trinajstić information content (AvgIpc) is 3.29. The van der Waals surface area contributed by atoms with Crippen molar-refractivity contribution in [2.24, 2.45) is 5.10 Å². The molecule has 0 saturated heterocycles. The Balaban J connectivity index is 1.39. The minimum atomic E-state index is -0.467. The van der Waals surface area contributed by atoms with Crippen LogP contribution in [0.2, 0.25) is 0 Å². The molecule has 0 radical (unpaired) electrons. The van der Waals surface area contributed by atoms with Crippen LogP contribution in [0.1, 0.15) is 32.0 Å². The van der Waals surface area contributed by atoms with E-state index in [4.69, 9.17) is 4.74 Å². The summed E-state index contributed by atoms with van der Waals surface area (Å²) in [6, 6.07) is 29.7. The average molecular weight is 552 g/mol. The molecule has 0 bridgehead atoms. The molecule has 0 aliphatic rings. The van der Waals surface area contributed by atoms with Crippen LogP contribution < -0.4 is 10.2 Å². The number of halogens is 1. The lowest BCUT2D eigenvalue weighted by molar-refractivity contribution is 0.0734. The van der Waals surface area contributed by atoms with Crippen molar-refractivity contribution in [2.75, 3.05) is 0 Å². The van der Waals surface area contributed by atoms with Gasteiger partial charge in [-0.1, -0.05) is 76.1 Å². The van der Waals surface area contributed by atoms with Crippen molar-refractivity contribution in [3.05, 3.63) is 124 Å². The van der Waals surface area contributed by atoms with Gasteiger partial charge in [-0.2, -0.15) is 5.10 Å². The molecule has 5 aromatic rings. The number of nitrogens with one attached hydrogen (secondary N) is 2. The third-order valence-electron chi connectivity index (χ3n) is 5.80. The number of para-hydroxylation sites is 1. The Bertz CT molecular complexity index is 1640. The highest BCUT2D eigenvalue weighted by atomic mass is 79.9. The van der Waals surface area contributed by atoms with Gasteiger partial charge in [0.05, 0.1) is 11.8 Å². The fourth-order valence-electron chi connectivity index (χ4n) is 4.07. The molecule has 5 rings (SSSR count). The predicted molar refractivity (Wildman–Crippen MR) is 149 cm³/mol. The molecule has 4 aromatic carbocycles. The highest BCUT2D eigenvalue weighted by Crippen LogP contribution is 2.34. The summed E-state index contributed by atoms with van der Waals surface area (Å²) in [5, 5.41) is 5.07. The van der Waals surface area contributed by atoms with E-state index in [0.717, 1.165) is 32.1 Å². The number of amides is 1. The summed E-state index contributed by atoms with van der Waals surface area (Å²) in [6.45, 7) is 1.91. The maximum atomic E-state index is 13.2. The standard InChI is InChI=1S/C30H22BrN3O3/c1-19-8-7-12-21(16-19)30(36)37-26-13-6-5-11-22(26)18-32-34-29(35)28-27(20-9-3-2-4-10-20)24-17-23(31)14-15-25(24)33-28/h2-18,33H,1H3,(H,34,35). The Labute approximate surface area is 222 Å². The van der Waals surface area contributed by atoms with E-state index >= 15 is 0 Å². The van der Waals surface area contributed by atoms with Crippen LogP contribution in [0.15, 0.2) is 107 Å². The van der Waals surface area contributed by atoms with Gasteiger partial charge in [-0.3, -0.25) is 4.79 Å². The number of H-pyrrole nitrogens is 1. The van der Waals surface area contributed by atoms with Crippen molar-refractivity contribution in [3.8, 4) is 16.9 Å². The van der Waals surface area contributed by atoms with E-state index < -0.39 is 11.9 Å². The summed E-state index contributed by atoms with van der Waals surface area (Å²) in [7, 11) is 0. The fourth-order valence-corrected chi connectivity index (χ4v) is 4.43. The number of benzene rings is 4. The molecule has 6 nitrogen and oxygen atoms in total. The van der Waals surface area contributed by atoms with Crippen LogP contribution in [0, 0.1) is 6.92 Å². The molecule has 0 spiro atoms. The second kappa shape index (κ2) is 10.6. The van der Waals surface area contributed by atoms with Gasteiger partial charge in [-0.05, 0) is 55.0 Å².